The average Bonchev–Trinajstić information content (AvgIpc) is 3.58. The van der Waals surface area contributed by atoms with Gasteiger partial charge < -0.3 is 10.2 Å². The quantitative estimate of drug-likeness (QED) is 0.426. The van der Waals surface area contributed by atoms with E-state index in [-0.39, 0.29) is 12.1 Å². The van der Waals surface area contributed by atoms with E-state index in [1.165, 1.54) is 36.1 Å². The summed E-state index contributed by atoms with van der Waals surface area (Å²) >= 11 is 7.61. The van der Waals surface area contributed by atoms with Gasteiger partial charge in [0, 0.05) is 18.4 Å². The molecule has 5 nitrogen and oxygen atoms in total. The fourth-order valence-corrected chi connectivity index (χ4v) is 6.39. The lowest BCUT2D eigenvalue weighted by molar-refractivity contribution is 0.239. The molecule has 2 fully saturated rings. The highest BCUT2D eigenvalue weighted by Gasteiger charge is 2.44. The molecule has 4 heterocycles. The molecule has 7 heteroatoms. The molecule has 3 aromatic heterocycles. The van der Waals surface area contributed by atoms with Gasteiger partial charge in [-0.25, -0.2) is 4.98 Å². The van der Waals surface area contributed by atoms with Crippen molar-refractivity contribution in [2.75, 3.05) is 0 Å². The van der Waals surface area contributed by atoms with Gasteiger partial charge in [0.15, 0.2) is 10.2 Å². The topological polar surface area (TPSA) is 46.0 Å². The van der Waals surface area contributed by atoms with Crippen molar-refractivity contribution in [3.05, 3.63) is 78.4 Å². The first-order chi connectivity index (χ1) is 15.3. The number of aromatic nitrogens is 3. The van der Waals surface area contributed by atoms with Crippen LogP contribution in [0.2, 0.25) is 0 Å². The molecule has 0 spiro atoms. The Morgan fingerprint density at radius 2 is 1.84 bits per heavy atom. The molecule has 4 aromatic rings. The number of benzene rings is 1. The Labute approximate surface area is 190 Å². The van der Waals surface area contributed by atoms with Crippen LogP contribution in [0.25, 0.3) is 15.3 Å². The smallest absolute Gasteiger partial charge is 0.194 e. The summed E-state index contributed by atoms with van der Waals surface area (Å²) in [4.78, 5) is 12.0. The third kappa shape index (κ3) is 3.23. The number of pyridine rings is 1. The minimum Gasteiger partial charge on any atom is -0.352 e. The zero-order valence-electron chi connectivity index (χ0n) is 17.0. The van der Waals surface area contributed by atoms with Crippen LogP contribution in [0.15, 0.2) is 67.0 Å². The van der Waals surface area contributed by atoms with Gasteiger partial charge in [0.25, 0.3) is 0 Å². The Morgan fingerprint density at radius 1 is 1.00 bits per heavy atom. The lowest BCUT2D eigenvalue weighted by atomic mass is 10.00. The molecule has 1 saturated carbocycles. The second-order valence-electron chi connectivity index (χ2n) is 8.24. The molecule has 1 aliphatic carbocycles. The highest BCUT2D eigenvalue weighted by molar-refractivity contribution is 7.80. The van der Waals surface area contributed by atoms with E-state index in [2.05, 4.69) is 68.4 Å². The molecule has 0 radical (unpaired) electrons. The minimum absolute atomic E-state index is 0.0114. The lowest BCUT2D eigenvalue weighted by Crippen LogP contribution is -2.38. The molecule has 1 aromatic carbocycles. The summed E-state index contributed by atoms with van der Waals surface area (Å²) in [5, 5.41) is 5.43. The molecule has 0 amide bonds. The maximum atomic E-state index is 5.88. The summed E-state index contributed by atoms with van der Waals surface area (Å²) < 4.78 is 3.44. The first-order valence-electron chi connectivity index (χ1n) is 10.8. The van der Waals surface area contributed by atoms with E-state index >= 15 is 0 Å². The summed E-state index contributed by atoms with van der Waals surface area (Å²) in [6, 6.07) is 19.3. The Bertz CT molecular complexity index is 1190. The predicted octanol–water partition coefficient (Wildman–Crippen LogP) is 5.40. The fourth-order valence-electron chi connectivity index (χ4n) is 5.03. The van der Waals surface area contributed by atoms with E-state index < -0.39 is 0 Å². The standard InChI is InChI=1S/C24H23N5S2/c30-23-27-21(18-11-5-6-14-25-18)22(29(23)16-8-1-2-9-16)19-12-7-15-28(19)24-26-17-10-3-4-13-20(17)31-24/h3-7,10-16,21-22H,1-2,8-9H2,(H,27,30)/t21-,22-/m0/s1. The molecule has 6 rings (SSSR count). The second-order valence-corrected chi connectivity index (χ2v) is 9.64. The molecular formula is C24H23N5S2. The maximum absolute atomic E-state index is 5.88. The molecule has 1 aliphatic heterocycles. The van der Waals surface area contributed by atoms with Crippen LogP contribution < -0.4 is 5.32 Å². The number of rotatable bonds is 4. The second kappa shape index (κ2) is 7.73. The van der Waals surface area contributed by atoms with Gasteiger partial charge in [-0.1, -0.05) is 42.4 Å². The number of hydrogen-bond donors (Lipinski definition) is 1. The van der Waals surface area contributed by atoms with Crippen molar-refractivity contribution >= 4 is 38.9 Å². The van der Waals surface area contributed by atoms with Crippen LogP contribution in [-0.2, 0) is 0 Å². The van der Waals surface area contributed by atoms with E-state index in [1.54, 1.807) is 11.3 Å². The molecule has 31 heavy (non-hydrogen) atoms. The zero-order chi connectivity index (χ0) is 20.8. The SMILES string of the molecule is S=C1N[C@@H](c2ccccn2)[C@H](c2cccn2-c2nc3ccccc3s2)N1C1CCCC1. The monoisotopic (exact) mass is 445 g/mol. The van der Waals surface area contributed by atoms with Crippen LogP contribution in [0.5, 0.6) is 0 Å². The first-order valence-corrected chi connectivity index (χ1v) is 12.0. The van der Waals surface area contributed by atoms with Gasteiger partial charge in [-0.15, -0.1) is 0 Å². The average molecular weight is 446 g/mol. The van der Waals surface area contributed by atoms with Crippen LogP contribution in [0, 0.1) is 0 Å². The third-order valence-electron chi connectivity index (χ3n) is 6.43. The van der Waals surface area contributed by atoms with Crippen LogP contribution in [-0.4, -0.2) is 30.6 Å². The van der Waals surface area contributed by atoms with Gasteiger partial charge in [-0.05, 0) is 61.5 Å². The Balaban J connectivity index is 1.48. The lowest BCUT2D eigenvalue weighted by Gasteiger charge is -2.33. The van der Waals surface area contributed by atoms with Crippen LogP contribution in [0.3, 0.4) is 0 Å². The predicted molar refractivity (Wildman–Crippen MR) is 128 cm³/mol. The van der Waals surface area contributed by atoms with Crippen molar-refractivity contribution in [3.63, 3.8) is 0 Å². The molecule has 0 unspecified atom stereocenters. The molecule has 2 atom stereocenters. The highest BCUT2D eigenvalue weighted by atomic mass is 32.1. The zero-order valence-corrected chi connectivity index (χ0v) is 18.6. The van der Waals surface area contributed by atoms with Crippen molar-refractivity contribution in [2.45, 2.75) is 43.8 Å². The summed E-state index contributed by atoms with van der Waals surface area (Å²) in [5.74, 6) is 0. The molecule has 1 saturated heterocycles. The maximum Gasteiger partial charge on any atom is 0.194 e. The van der Waals surface area contributed by atoms with Crippen molar-refractivity contribution in [1.82, 2.24) is 24.8 Å². The number of thiazole rings is 1. The van der Waals surface area contributed by atoms with E-state index in [9.17, 15) is 0 Å². The van der Waals surface area contributed by atoms with E-state index in [0.717, 1.165) is 21.5 Å². The Kier molecular flexibility index (Phi) is 4.73. The summed E-state index contributed by atoms with van der Waals surface area (Å²) in [7, 11) is 0. The summed E-state index contributed by atoms with van der Waals surface area (Å²) in [5.41, 5.74) is 3.26. The van der Waals surface area contributed by atoms with Crippen molar-refractivity contribution in [3.8, 4) is 5.13 Å². The molecule has 156 valence electrons. The molecule has 2 aliphatic rings. The number of fused-ring (bicyclic) bond motifs is 1. The number of hydrogen-bond acceptors (Lipinski definition) is 4. The van der Waals surface area contributed by atoms with Crippen molar-refractivity contribution in [1.29, 1.82) is 0 Å². The van der Waals surface area contributed by atoms with Crippen molar-refractivity contribution in [2.24, 2.45) is 0 Å². The fraction of sp³-hybridized carbons (Fsp3) is 0.292. The normalized spacial score (nSPS) is 21.8. The van der Waals surface area contributed by atoms with Crippen LogP contribution in [0.1, 0.15) is 49.2 Å². The first kappa shape index (κ1) is 19.0. The van der Waals surface area contributed by atoms with Gasteiger partial charge in [0.05, 0.1) is 33.7 Å². The number of thiocarbonyl (C=S) groups is 1. The van der Waals surface area contributed by atoms with Crippen LogP contribution >= 0.6 is 23.6 Å². The Morgan fingerprint density at radius 3 is 2.65 bits per heavy atom. The highest BCUT2D eigenvalue weighted by Crippen LogP contribution is 2.43. The summed E-state index contributed by atoms with van der Waals surface area (Å²) in [6.45, 7) is 0. The Hall–Kier alpha value is -2.77. The minimum atomic E-state index is 0.0114. The molecular weight excluding hydrogens is 422 g/mol. The number of para-hydroxylation sites is 1. The largest absolute Gasteiger partial charge is 0.352 e. The molecule has 1 N–H and O–H groups in total. The van der Waals surface area contributed by atoms with E-state index in [1.807, 2.05) is 18.3 Å². The van der Waals surface area contributed by atoms with Gasteiger partial charge >= 0.3 is 0 Å². The summed E-state index contributed by atoms with van der Waals surface area (Å²) in [6.07, 6.45) is 8.90. The van der Waals surface area contributed by atoms with Gasteiger partial charge in [-0.3, -0.25) is 9.55 Å². The van der Waals surface area contributed by atoms with Gasteiger partial charge in [0.2, 0.25) is 0 Å². The van der Waals surface area contributed by atoms with Crippen molar-refractivity contribution < 1.29 is 0 Å². The van der Waals surface area contributed by atoms with Crippen LogP contribution in [0.4, 0.5) is 0 Å². The van der Waals surface area contributed by atoms with E-state index in [4.69, 9.17) is 17.2 Å². The molecule has 0 bridgehead atoms. The number of nitrogens with one attached hydrogen (secondary N) is 1. The number of nitrogens with zero attached hydrogens (tertiary/aromatic N) is 4. The van der Waals surface area contributed by atoms with Gasteiger partial charge in [0.1, 0.15) is 0 Å². The van der Waals surface area contributed by atoms with Gasteiger partial charge in [-0.2, -0.15) is 0 Å². The van der Waals surface area contributed by atoms with E-state index in [0.29, 0.717) is 6.04 Å². The third-order valence-corrected chi connectivity index (χ3v) is 7.79.